The van der Waals surface area contributed by atoms with Gasteiger partial charge in [0.1, 0.15) is 36.5 Å². The fraction of sp³-hybridized carbons (Fsp3) is 0.261. The van der Waals surface area contributed by atoms with E-state index in [2.05, 4.69) is 36.2 Å². The normalized spacial score (nSPS) is 13.5. The number of benzene rings is 4. The van der Waals surface area contributed by atoms with Crippen molar-refractivity contribution in [3.05, 3.63) is 156 Å². The van der Waals surface area contributed by atoms with Crippen LogP contribution in [0.2, 0.25) is 0 Å². The fourth-order valence-electron chi connectivity index (χ4n) is 6.62. The van der Waals surface area contributed by atoms with Gasteiger partial charge in [0.25, 0.3) is 0 Å². The Morgan fingerprint density at radius 2 is 1.24 bits per heavy atom. The molecule has 6 aromatic rings. The number of amides is 5. The van der Waals surface area contributed by atoms with Crippen LogP contribution in [0.5, 0.6) is 5.75 Å². The lowest BCUT2D eigenvalue weighted by atomic mass is 10.0. The van der Waals surface area contributed by atoms with Crippen molar-refractivity contribution in [2.75, 3.05) is 6.61 Å². The van der Waals surface area contributed by atoms with Crippen molar-refractivity contribution in [1.29, 1.82) is 0 Å². The second kappa shape index (κ2) is 21.8. The minimum atomic E-state index is -1.36. The van der Waals surface area contributed by atoms with Gasteiger partial charge in [0.15, 0.2) is 0 Å². The summed E-state index contributed by atoms with van der Waals surface area (Å²) in [5.74, 6) is -2.89. The number of carbonyl (C=O) groups excluding carboxylic acids is 5. The molecule has 2 heterocycles. The second-order valence-electron chi connectivity index (χ2n) is 14.9. The number of nitrogens with two attached hydrogens (primary N) is 2. The third-order valence-corrected chi connectivity index (χ3v) is 10.1. The maximum Gasteiger partial charge on any atom is 0.245 e. The number of H-pyrrole nitrogens is 2. The van der Waals surface area contributed by atoms with E-state index in [1.807, 2.05) is 84.9 Å². The van der Waals surface area contributed by atoms with E-state index in [0.29, 0.717) is 23.6 Å². The number of nitrogens with zero attached hydrogens (tertiary/aromatic N) is 1. The predicted octanol–water partition coefficient (Wildman–Crippen LogP) is 2.49. The maximum absolute atomic E-state index is 14.4. The number of nitrogens with one attached hydrogen (secondary N) is 6. The first-order valence-electron chi connectivity index (χ1n) is 20.2. The Bertz CT molecular complexity index is 2390. The van der Waals surface area contributed by atoms with Gasteiger partial charge in [0, 0.05) is 48.3 Å². The molecule has 16 nitrogen and oxygen atoms in total. The quantitative estimate of drug-likeness (QED) is 0.0500. The lowest BCUT2D eigenvalue weighted by Gasteiger charge is -2.26. The number of primary amides is 1. The summed E-state index contributed by atoms with van der Waals surface area (Å²) in [6, 6.07) is 27.7. The number of para-hydroxylation sites is 1. The molecule has 322 valence electrons. The number of hydrogen-bond acceptors (Lipinski definition) is 9. The Kier molecular flexibility index (Phi) is 15.6. The standard InChI is InChI=1S/C46H51N9O7/c1-29(42(48)56)52-44(58)40(21-33-23-50-38-15-9-8-14-36(33)38)54-46(60)41(27-61-25-31-10-4-2-5-11-31)55-45(59)39(53-43(57)37(47)22-34-24-49-28-51-34)20-30-16-18-35(19-17-30)62-26-32-12-6-3-7-13-32/h2-19,23-24,28-29,37,39-41,50H,20-22,25-27,47H2,1H3,(H2,48,56)(H,49,51)(H,52,58)(H,53,57)(H,54,60)(H,55,59)/t29-,37+,39+,40+,41+/m0/s1. The molecule has 0 aliphatic heterocycles. The summed E-state index contributed by atoms with van der Waals surface area (Å²) in [6.07, 6.45) is 4.93. The molecule has 0 unspecified atom stereocenters. The zero-order valence-electron chi connectivity index (χ0n) is 34.2. The minimum absolute atomic E-state index is 0.0170. The van der Waals surface area contributed by atoms with E-state index >= 15 is 0 Å². The van der Waals surface area contributed by atoms with Crippen molar-refractivity contribution in [3.8, 4) is 5.75 Å². The molecule has 10 N–H and O–H groups in total. The first-order chi connectivity index (χ1) is 30.0. The third kappa shape index (κ3) is 12.8. The number of aromatic amines is 2. The largest absolute Gasteiger partial charge is 0.489 e. The van der Waals surface area contributed by atoms with E-state index in [1.165, 1.54) is 13.3 Å². The van der Waals surface area contributed by atoms with Crippen LogP contribution in [-0.4, -0.2) is 81.3 Å². The number of fused-ring (bicyclic) bond motifs is 1. The lowest BCUT2D eigenvalue weighted by molar-refractivity contribution is -0.135. The van der Waals surface area contributed by atoms with Crippen molar-refractivity contribution in [3.63, 3.8) is 0 Å². The highest BCUT2D eigenvalue weighted by molar-refractivity contribution is 5.96. The molecule has 5 atom stereocenters. The van der Waals surface area contributed by atoms with Crippen LogP contribution in [0.25, 0.3) is 10.9 Å². The smallest absolute Gasteiger partial charge is 0.245 e. The maximum atomic E-state index is 14.4. The Labute approximate surface area is 358 Å². The molecule has 0 aliphatic carbocycles. The first-order valence-corrected chi connectivity index (χ1v) is 20.2. The number of hydrogen-bond donors (Lipinski definition) is 8. The van der Waals surface area contributed by atoms with Crippen molar-refractivity contribution < 1.29 is 33.4 Å². The van der Waals surface area contributed by atoms with E-state index in [9.17, 15) is 24.0 Å². The van der Waals surface area contributed by atoms with Crippen molar-refractivity contribution in [1.82, 2.24) is 36.2 Å². The summed E-state index contributed by atoms with van der Waals surface area (Å²) in [6.45, 7) is 1.60. The van der Waals surface area contributed by atoms with Crippen molar-refractivity contribution in [2.24, 2.45) is 11.5 Å². The Morgan fingerprint density at radius 3 is 1.92 bits per heavy atom. The highest BCUT2D eigenvalue weighted by atomic mass is 16.5. The van der Waals surface area contributed by atoms with Gasteiger partial charge in [-0.2, -0.15) is 0 Å². The van der Waals surface area contributed by atoms with Crippen LogP contribution < -0.4 is 37.5 Å². The average Bonchev–Trinajstić information content (AvgIpc) is 3.96. The average molecular weight is 842 g/mol. The van der Waals surface area contributed by atoms with Crippen LogP contribution in [-0.2, 0) is 61.2 Å². The SMILES string of the molecule is C[C@H](NC(=O)[C@@H](Cc1c[nH]c2ccccc12)NC(=O)[C@@H](COCc1ccccc1)NC(=O)[C@@H](Cc1ccc(OCc2ccccc2)cc1)NC(=O)[C@H](N)Cc1cnc[nH]1)C(N)=O. The summed E-state index contributed by atoms with van der Waals surface area (Å²) >= 11 is 0. The number of aromatic nitrogens is 3. The fourth-order valence-corrected chi connectivity index (χ4v) is 6.62. The zero-order valence-corrected chi connectivity index (χ0v) is 34.2. The Morgan fingerprint density at radius 1 is 0.645 bits per heavy atom. The van der Waals surface area contributed by atoms with Gasteiger partial charge < -0.3 is 52.2 Å². The summed E-state index contributed by atoms with van der Waals surface area (Å²) < 4.78 is 11.9. The molecular formula is C46H51N9O7. The summed E-state index contributed by atoms with van der Waals surface area (Å²) in [4.78, 5) is 77.9. The highest BCUT2D eigenvalue weighted by Crippen LogP contribution is 2.20. The van der Waals surface area contributed by atoms with Gasteiger partial charge >= 0.3 is 0 Å². The molecule has 0 spiro atoms. The van der Waals surface area contributed by atoms with Crippen molar-refractivity contribution >= 4 is 40.4 Å². The molecule has 6 rings (SSSR count). The molecule has 0 fully saturated rings. The lowest BCUT2D eigenvalue weighted by Crippen LogP contribution is -2.60. The van der Waals surface area contributed by atoms with Gasteiger partial charge in [0.2, 0.25) is 29.5 Å². The molecule has 2 aromatic heterocycles. The molecule has 62 heavy (non-hydrogen) atoms. The van der Waals surface area contributed by atoms with Crippen LogP contribution in [0.4, 0.5) is 0 Å². The van der Waals surface area contributed by atoms with Crippen LogP contribution in [0, 0.1) is 0 Å². The summed E-state index contributed by atoms with van der Waals surface area (Å²) in [7, 11) is 0. The van der Waals surface area contributed by atoms with Crippen LogP contribution in [0.3, 0.4) is 0 Å². The topological polar surface area (TPSA) is 248 Å². The van der Waals surface area contributed by atoms with E-state index in [-0.39, 0.29) is 32.5 Å². The van der Waals surface area contributed by atoms with Gasteiger partial charge in [-0.3, -0.25) is 24.0 Å². The van der Waals surface area contributed by atoms with Gasteiger partial charge in [-0.25, -0.2) is 4.98 Å². The minimum Gasteiger partial charge on any atom is -0.489 e. The summed E-state index contributed by atoms with van der Waals surface area (Å²) in [5, 5.41) is 11.7. The second-order valence-corrected chi connectivity index (χ2v) is 14.9. The van der Waals surface area contributed by atoms with E-state index < -0.39 is 59.7 Å². The number of carbonyl (C=O) groups is 5. The number of rotatable bonds is 22. The van der Waals surface area contributed by atoms with Gasteiger partial charge in [-0.15, -0.1) is 0 Å². The van der Waals surface area contributed by atoms with E-state index in [1.54, 1.807) is 36.7 Å². The van der Waals surface area contributed by atoms with E-state index in [4.69, 9.17) is 20.9 Å². The molecule has 0 saturated heterocycles. The summed E-state index contributed by atoms with van der Waals surface area (Å²) in [5.41, 5.74) is 16.4. The van der Waals surface area contributed by atoms with E-state index in [0.717, 1.165) is 27.6 Å². The van der Waals surface area contributed by atoms with Crippen LogP contribution >= 0.6 is 0 Å². The molecule has 0 saturated carbocycles. The third-order valence-electron chi connectivity index (χ3n) is 10.1. The molecule has 0 aliphatic rings. The number of ether oxygens (including phenoxy) is 2. The van der Waals surface area contributed by atoms with Gasteiger partial charge in [-0.05, 0) is 47.4 Å². The van der Waals surface area contributed by atoms with Gasteiger partial charge in [-0.1, -0.05) is 91.0 Å². The monoisotopic (exact) mass is 841 g/mol. The predicted molar refractivity (Wildman–Crippen MR) is 232 cm³/mol. The molecular weight excluding hydrogens is 791 g/mol. The van der Waals surface area contributed by atoms with Gasteiger partial charge in [0.05, 0.1) is 25.6 Å². The molecule has 5 amide bonds. The molecule has 4 aromatic carbocycles. The molecule has 0 radical (unpaired) electrons. The molecule has 0 bridgehead atoms. The highest BCUT2D eigenvalue weighted by Gasteiger charge is 2.32. The first kappa shape index (κ1) is 44.3. The zero-order chi connectivity index (χ0) is 43.8. The van der Waals surface area contributed by atoms with Crippen LogP contribution in [0.15, 0.2) is 128 Å². The van der Waals surface area contributed by atoms with Crippen LogP contribution in [0.1, 0.15) is 34.9 Å². The van der Waals surface area contributed by atoms with Crippen molar-refractivity contribution in [2.45, 2.75) is 69.6 Å². The molecule has 16 heteroatoms. The Hall–Kier alpha value is -7.30. The number of imidazole rings is 1. The Balaban J connectivity index is 1.23.